The Morgan fingerprint density at radius 3 is 2.73 bits per heavy atom. The second-order valence-electron chi connectivity index (χ2n) is 6.85. The van der Waals surface area contributed by atoms with Gasteiger partial charge in [-0.3, -0.25) is 14.5 Å². The second-order valence-corrected chi connectivity index (χ2v) is 7.68. The number of anilines is 2. The number of nitrogens with zero attached hydrogens (tertiary/aromatic N) is 2. The predicted octanol–water partition coefficient (Wildman–Crippen LogP) is 5.02. The van der Waals surface area contributed by atoms with E-state index in [1.165, 1.54) is 19.1 Å². The summed E-state index contributed by atoms with van der Waals surface area (Å²) in [6.07, 6.45) is 2.75. The van der Waals surface area contributed by atoms with Gasteiger partial charge in [-0.1, -0.05) is 0 Å². The molecule has 1 aromatic heterocycles. The molecule has 2 aromatic carbocycles. The zero-order chi connectivity index (χ0) is 21.4. The number of phenolic OH excluding ortho intramolecular Hbond substituents is 1. The summed E-state index contributed by atoms with van der Waals surface area (Å²) in [4.78, 5) is 30.3. The molecule has 0 spiro atoms. The highest BCUT2D eigenvalue weighted by atomic mass is 32.1. The molecule has 1 aliphatic carbocycles. The minimum Gasteiger partial charge on any atom is -0.508 e. The predicted molar refractivity (Wildman–Crippen MR) is 110 cm³/mol. The van der Waals surface area contributed by atoms with Gasteiger partial charge in [-0.05, 0) is 54.8 Å². The molecule has 5 nitrogen and oxygen atoms in total. The number of amides is 1. The van der Waals surface area contributed by atoms with E-state index >= 15 is 0 Å². The number of phenols is 1. The van der Waals surface area contributed by atoms with E-state index in [4.69, 9.17) is 0 Å². The van der Waals surface area contributed by atoms with Crippen molar-refractivity contribution in [1.29, 1.82) is 0 Å². The van der Waals surface area contributed by atoms with Crippen molar-refractivity contribution in [1.82, 2.24) is 4.98 Å². The van der Waals surface area contributed by atoms with E-state index in [0.717, 1.165) is 27.9 Å². The number of Topliss-reactive ketones (excluding diaryl/α,β-unsaturated/α-hetero) is 1. The zero-order valence-electron chi connectivity index (χ0n) is 15.9. The summed E-state index contributed by atoms with van der Waals surface area (Å²) in [5, 5.41) is 11.5. The van der Waals surface area contributed by atoms with Crippen molar-refractivity contribution in [2.45, 2.75) is 19.8 Å². The van der Waals surface area contributed by atoms with E-state index in [2.05, 4.69) is 4.98 Å². The van der Waals surface area contributed by atoms with E-state index < -0.39 is 17.5 Å². The molecule has 3 aromatic rings. The number of allylic oxidation sites excluding steroid dienone is 1. The normalized spacial score (nSPS) is 14.6. The number of aromatic nitrogens is 1. The number of hydrogen-bond acceptors (Lipinski definition) is 5. The van der Waals surface area contributed by atoms with Gasteiger partial charge in [0.1, 0.15) is 17.4 Å². The van der Waals surface area contributed by atoms with E-state index in [1.807, 2.05) is 0 Å². The Bertz CT molecular complexity index is 1200. The Balaban J connectivity index is 1.65. The maximum absolute atomic E-state index is 14.2. The smallest absolute Gasteiger partial charge is 0.230 e. The van der Waals surface area contributed by atoms with E-state index in [-0.39, 0.29) is 22.4 Å². The lowest BCUT2D eigenvalue weighted by Crippen LogP contribution is -2.23. The Morgan fingerprint density at radius 2 is 2.00 bits per heavy atom. The van der Waals surface area contributed by atoms with E-state index in [0.29, 0.717) is 35.7 Å². The molecule has 1 heterocycles. The van der Waals surface area contributed by atoms with Gasteiger partial charge in [0.25, 0.3) is 0 Å². The Labute approximate surface area is 174 Å². The standard InChI is InChI=1S/C22H16F2N2O3S/c1-12(27)26(20-7-4-15(23)10-19(20)24)22-25-16(11-30-22)8-14-3-2-13-9-17(28)5-6-18(13)21(14)29/h4-11,28H,2-3H2,1H3. The van der Waals surface area contributed by atoms with Crippen molar-refractivity contribution < 1.29 is 23.5 Å². The first-order valence-corrected chi connectivity index (χ1v) is 10.00. The van der Waals surface area contributed by atoms with Crippen LogP contribution in [0, 0.1) is 11.6 Å². The SMILES string of the molecule is CC(=O)N(c1nc(C=C2CCc3cc(O)ccc3C2=O)cs1)c1ccc(F)cc1F. The van der Waals surface area contributed by atoms with Crippen LogP contribution in [-0.4, -0.2) is 21.8 Å². The molecule has 1 N–H and O–H groups in total. The van der Waals surface area contributed by atoms with Gasteiger partial charge in [0.2, 0.25) is 5.91 Å². The van der Waals surface area contributed by atoms with Crippen molar-refractivity contribution in [2.75, 3.05) is 4.90 Å². The van der Waals surface area contributed by atoms with Gasteiger partial charge in [-0.25, -0.2) is 13.8 Å². The second kappa shape index (κ2) is 7.79. The van der Waals surface area contributed by atoms with E-state index in [9.17, 15) is 23.5 Å². The monoisotopic (exact) mass is 426 g/mol. The number of aryl methyl sites for hydroxylation is 1. The molecule has 152 valence electrons. The molecule has 1 amide bonds. The van der Waals surface area contributed by atoms with Gasteiger partial charge in [0.15, 0.2) is 10.9 Å². The summed E-state index contributed by atoms with van der Waals surface area (Å²) in [6, 6.07) is 7.62. The van der Waals surface area contributed by atoms with Crippen LogP contribution >= 0.6 is 11.3 Å². The van der Waals surface area contributed by atoms with Crippen LogP contribution in [0.15, 0.2) is 47.4 Å². The maximum atomic E-state index is 14.2. The summed E-state index contributed by atoms with van der Waals surface area (Å²) in [6.45, 7) is 1.26. The number of halogens is 2. The first-order valence-electron chi connectivity index (χ1n) is 9.12. The number of rotatable bonds is 3. The van der Waals surface area contributed by atoms with Crippen LogP contribution in [0.5, 0.6) is 5.75 Å². The summed E-state index contributed by atoms with van der Waals surface area (Å²) >= 11 is 1.12. The first-order chi connectivity index (χ1) is 14.3. The van der Waals surface area contributed by atoms with Crippen molar-refractivity contribution in [3.63, 3.8) is 0 Å². The first kappa shape index (κ1) is 19.9. The quantitative estimate of drug-likeness (QED) is 0.597. The zero-order valence-corrected chi connectivity index (χ0v) is 16.7. The number of hydrogen-bond donors (Lipinski definition) is 1. The van der Waals surface area contributed by atoms with Crippen molar-refractivity contribution in [3.8, 4) is 5.75 Å². The number of aromatic hydroxyl groups is 1. The average molecular weight is 426 g/mol. The fourth-order valence-electron chi connectivity index (χ4n) is 3.40. The Kier molecular flexibility index (Phi) is 5.17. The summed E-state index contributed by atoms with van der Waals surface area (Å²) in [5.74, 6) is -2.11. The van der Waals surface area contributed by atoms with Crippen molar-refractivity contribution >= 4 is 39.9 Å². The van der Waals surface area contributed by atoms with Crippen molar-refractivity contribution in [2.24, 2.45) is 0 Å². The largest absolute Gasteiger partial charge is 0.508 e. The third-order valence-corrected chi connectivity index (χ3v) is 5.62. The van der Waals surface area contributed by atoms with Gasteiger partial charge >= 0.3 is 0 Å². The van der Waals surface area contributed by atoms with Crippen LogP contribution in [0.25, 0.3) is 6.08 Å². The highest BCUT2D eigenvalue weighted by molar-refractivity contribution is 7.14. The third kappa shape index (κ3) is 3.73. The average Bonchev–Trinajstić information content (AvgIpc) is 3.14. The lowest BCUT2D eigenvalue weighted by Gasteiger charge is -2.18. The molecule has 0 bridgehead atoms. The van der Waals surface area contributed by atoms with Crippen LogP contribution in [0.3, 0.4) is 0 Å². The van der Waals surface area contributed by atoms with Crippen LogP contribution in [0.2, 0.25) is 0 Å². The topological polar surface area (TPSA) is 70.5 Å². The number of carbonyl (C=O) groups is 2. The minimum absolute atomic E-state index is 0.0973. The van der Waals surface area contributed by atoms with Crippen LogP contribution < -0.4 is 4.90 Å². The van der Waals surface area contributed by atoms with Gasteiger partial charge in [-0.2, -0.15) is 0 Å². The molecule has 0 aliphatic heterocycles. The molecule has 0 unspecified atom stereocenters. The van der Waals surface area contributed by atoms with Gasteiger partial charge in [-0.15, -0.1) is 11.3 Å². The summed E-state index contributed by atoms with van der Waals surface area (Å²) in [5.41, 5.74) is 2.27. The molecule has 0 saturated heterocycles. The fourth-order valence-corrected chi connectivity index (χ4v) is 4.23. The molecular weight excluding hydrogens is 410 g/mol. The lowest BCUT2D eigenvalue weighted by atomic mass is 9.86. The third-order valence-electron chi connectivity index (χ3n) is 4.78. The number of fused-ring (bicyclic) bond motifs is 1. The molecule has 0 fully saturated rings. The summed E-state index contributed by atoms with van der Waals surface area (Å²) in [7, 11) is 0. The number of thiazole rings is 1. The molecule has 0 saturated carbocycles. The van der Waals surface area contributed by atoms with Crippen LogP contribution in [0.4, 0.5) is 19.6 Å². The van der Waals surface area contributed by atoms with Gasteiger partial charge in [0, 0.05) is 29.5 Å². The Hall–Kier alpha value is -3.39. The molecular formula is C22H16F2N2O3S. The molecule has 0 atom stereocenters. The minimum atomic E-state index is -0.873. The molecule has 0 radical (unpaired) electrons. The van der Waals surface area contributed by atoms with Gasteiger partial charge in [0.05, 0.1) is 11.4 Å². The van der Waals surface area contributed by atoms with Crippen LogP contribution in [0.1, 0.15) is 35.0 Å². The molecule has 8 heteroatoms. The number of benzene rings is 2. The van der Waals surface area contributed by atoms with Crippen molar-refractivity contribution in [3.05, 3.63) is 75.8 Å². The molecule has 4 rings (SSSR count). The van der Waals surface area contributed by atoms with Crippen LogP contribution in [-0.2, 0) is 11.2 Å². The lowest BCUT2D eigenvalue weighted by molar-refractivity contribution is -0.115. The number of carbonyl (C=O) groups excluding carboxylic acids is 2. The molecule has 1 aliphatic rings. The van der Waals surface area contributed by atoms with E-state index in [1.54, 1.807) is 23.6 Å². The molecule has 30 heavy (non-hydrogen) atoms. The fraction of sp³-hybridized carbons (Fsp3) is 0.136. The highest BCUT2D eigenvalue weighted by Gasteiger charge is 2.24. The number of ketones is 1. The van der Waals surface area contributed by atoms with Gasteiger partial charge < -0.3 is 5.11 Å². The summed E-state index contributed by atoms with van der Waals surface area (Å²) < 4.78 is 27.4. The Morgan fingerprint density at radius 1 is 1.20 bits per heavy atom. The highest BCUT2D eigenvalue weighted by Crippen LogP contribution is 2.33. The maximum Gasteiger partial charge on any atom is 0.230 e.